The van der Waals surface area contributed by atoms with Gasteiger partial charge in [-0.3, -0.25) is 4.98 Å². The maximum atomic E-state index is 13.1. The third-order valence-corrected chi connectivity index (χ3v) is 2.55. The van der Waals surface area contributed by atoms with E-state index in [0.717, 1.165) is 6.54 Å². The molecule has 17 heavy (non-hydrogen) atoms. The van der Waals surface area contributed by atoms with Crippen molar-refractivity contribution in [2.45, 2.75) is 13.0 Å². The molecule has 0 aliphatic rings. The first kappa shape index (κ1) is 12.1. The molecular formula is C12H12ClFN2O. The quantitative estimate of drug-likeness (QED) is 0.911. The van der Waals surface area contributed by atoms with E-state index in [2.05, 4.69) is 10.3 Å². The Kier molecular flexibility index (Phi) is 3.76. The highest BCUT2D eigenvalue weighted by Gasteiger charge is 2.17. The lowest BCUT2D eigenvalue weighted by atomic mass is 10.1. The fourth-order valence-corrected chi connectivity index (χ4v) is 1.81. The van der Waals surface area contributed by atoms with E-state index in [1.165, 1.54) is 12.3 Å². The van der Waals surface area contributed by atoms with Crippen LogP contribution in [0.4, 0.5) is 4.39 Å². The zero-order chi connectivity index (χ0) is 12.3. The standard InChI is InChI=1S/C12H12ClFN2O/c1-2-16-12(10-3-4-11(13)17-10)8-5-9(14)7-15-6-8/h3-7,12,16H,2H2,1H3. The molecule has 1 N–H and O–H groups in total. The third kappa shape index (κ3) is 2.84. The molecule has 2 rings (SSSR count). The fraction of sp³-hybridized carbons (Fsp3) is 0.250. The van der Waals surface area contributed by atoms with Gasteiger partial charge in [-0.15, -0.1) is 0 Å². The van der Waals surface area contributed by atoms with Crippen molar-refractivity contribution in [2.24, 2.45) is 0 Å². The predicted octanol–water partition coefficient (Wildman–Crippen LogP) is 3.17. The van der Waals surface area contributed by atoms with E-state index < -0.39 is 0 Å². The number of hydrogen-bond donors (Lipinski definition) is 1. The zero-order valence-corrected chi connectivity index (χ0v) is 10.0. The van der Waals surface area contributed by atoms with Crippen molar-refractivity contribution in [3.05, 3.63) is 53.0 Å². The van der Waals surface area contributed by atoms with Gasteiger partial charge >= 0.3 is 0 Å². The van der Waals surface area contributed by atoms with Crippen molar-refractivity contribution < 1.29 is 8.81 Å². The zero-order valence-electron chi connectivity index (χ0n) is 9.28. The van der Waals surface area contributed by atoms with Crippen LogP contribution < -0.4 is 5.32 Å². The van der Waals surface area contributed by atoms with Crippen LogP contribution in [0.5, 0.6) is 0 Å². The highest BCUT2D eigenvalue weighted by Crippen LogP contribution is 2.25. The third-order valence-electron chi connectivity index (χ3n) is 2.35. The molecule has 5 heteroatoms. The Morgan fingerprint density at radius 2 is 2.29 bits per heavy atom. The van der Waals surface area contributed by atoms with E-state index in [1.807, 2.05) is 6.92 Å². The fourth-order valence-electron chi connectivity index (χ4n) is 1.66. The van der Waals surface area contributed by atoms with Crippen LogP contribution in [-0.4, -0.2) is 11.5 Å². The maximum Gasteiger partial charge on any atom is 0.193 e. The van der Waals surface area contributed by atoms with Gasteiger partial charge in [-0.25, -0.2) is 4.39 Å². The summed E-state index contributed by atoms with van der Waals surface area (Å²) >= 11 is 5.74. The SMILES string of the molecule is CCNC(c1cncc(F)c1)c1ccc(Cl)o1. The number of rotatable bonds is 4. The Morgan fingerprint density at radius 3 is 2.88 bits per heavy atom. The van der Waals surface area contributed by atoms with E-state index >= 15 is 0 Å². The minimum atomic E-state index is -0.372. The molecule has 2 aromatic rings. The topological polar surface area (TPSA) is 38.1 Å². The molecule has 0 aliphatic heterocycles. The van der Waals surface area contributed by atoms with E-state index in [-0.39, 0.29) is 11.9 Å². The second-order valence-corrected chi connectivity index (χ2v) is 3.94. The number of hydrogen-bond acceptors (Lipinski definition) is 3. The van der Waals surface area contributed by atoms with E-state index in [0.29, 0.717) is 16.5 Å². The molecule has 0 radical (unpaired) electrons. The molecule has 0 aromatic carbocycles. The van der Waals surface area contributed by atoms with Gasteiger partial charge < -0.3 is 9.73 Å². The summed E-state index contributed by atoms with van der Waals surface area (Å²) in [5.74, 6) is 0.271. The number of halogens is 2. The van der Waals surface area contributed by atoms with Crippen molar-refractivity contribution in [3.8, 4) is 0 Å². The van der Waals surface area contributed by atoms with E-state index in [9.17, 15) is 4.39 Å². The Bertz CT molecular complexity index is 501. The number of nitrogens with one attached hydrogen (secondary N) is 1. The normalized spacial score (nSPS) is 12.6. The van der Waals surface area contributed by atoms with E-state index in [1.54, 1.807) is 18.3 Å². The Labute approximate surface area is 104 Å². The molecule has 90 valence electrons. The Morgan fingerprint density at radius 1 is 1.47 bits per heavy atom. The van der Waals surface area contributed by atoms with Crippen molar-refractivity contribution in [2.75, 3.05) is 6.54 Å². The monoisotopic (exact) mass is 254 g/mol. The smallest absolute Gasteiger partial charge is 0.193 e. The highest BCUT2D eigenvalue weighted by molar-refractivity contribution is 6.28. The van der Waals surface area contributed by atoms with Gasteiger partial charge in [0.15, 0.2) is 5.22 Å². The summed E-state index contributed by atoms with van der Waals surface area (Å²) in [6, 6.07) is 4.61. The van der Waals surface area contributed by atoms with Gasteiger partial charge in [0.2, 0.25) is 0 Å². The molecule has 3 nitrogen and oxygen atoms in total. The van der Waals surface area contributed by atoms with Gasteiger partial charge in [0, 0.05) is 6.20 Å². The average Bonchev–Trinajstić information content (AvgIpc) is 2.72. The Balaban J connectivity index is 2.35. The molecule has 0 spiro atoms. The lowest BCUT2D eigenvalue weighted by Crippen LogP contribution is -2.21. The highest BCUT2D eigenvalue weighted by atomic mass is 35.5. The second kappa shape index (κ2) is 5.29. The molecule has 0 amide bonds. The van der Waals surface area contributed by atoms with Gasteiger partial charge in [-0.05, 0) is 41.9 Å². The lowest BCUT2D eigenvalue weighted by molar-refractivity contribution is 0.451. The molecular weight excluding hydrogens is 243 g/mol. The summed E-state index contributed by atoms with van der Waals surface area (Å²) < 4.78 is 18.5. The molecule has 2 aromatic heterocycles. The van der Waals surface area contributed by atoms with Crippen LogP contribution >= 0.6 is 11.6 Å². The van der Waals surface area contributed by atoms with Crippen molar-refractivity contribution in [1.82, 2.24) is 10.3 Å². The molecule has 1 atom stereocenters. The van der Waals surface area contributed by atoms with Gasteiger partial charge in [-0.2, -0.15) is 0 Å². The number of pyridine rings is 1. The minimum absolute atomic E-state index is 0.240. The summed E-state index contributed by atoms with van der Waals surface area (Å²) in [5, 5.41) is 3.51. The van der Waals surface area contributed by atoms with Crippen LogP contribution in [0.1, 0.15) is 24.3 Å². The molecule has 0 aliphatic carbocycles. The molecule has 2 heterocycles. The summed E-state index contributed by atoms with van der Waals surface area (Å²) in [6.07, 6.45) is 2.77. The van der Waals surface area contributed by atoms with Crippen LogP contribution in [0.15, 0.2) is 35.0 Å². The number of furan rings is 1. The van der Waals surface area contributed by atoms with Crippen molar-refractivity contribution >= 4 is 11.6 Å². The second-order valence-electron chi connectivity index (χ2n) is 3.57. The van der Waals surface area contributed by atoms with Crippen LogP contribution in [0.2, 0.25) is 5.22 Å². The molecule has 0 saturated carbocycles. The number of aromatic nitrogens is 1. The van der Waals surface area contributed by atoms with E-state index in [4.69, 9.17) is 16.0 Å². The van der Waals surface area contributed by atoms with Crippen LogP contribution in [0.25, 0.3) is 0 Å². The molecule has 0 bridgehead atoms. The first-order chi connectivity index (χ1) is 8.20. The largest absolute Gasteiger partial charge is 0.448 e. The van der Waals surface area contributed by atoms with Crippen LogP contribution in [0, 0.1) is 5.82 Å². The summed E-state index contributed by atoms with van der Waals surface area (Å²) in [6.45, 7) is 2.68. The molecule has 1 unspecified atom stereocenters. The molecule has 0 fully saturated rings. The van der Waals surface area contributed by atoms with Crippen molar-refractivity contribution in [3.63, 3.8) is 0 Å². The Hall–Kier alpha value is -1.39. The van der Waals surface area contributed by atoms with Crippen LogP contribution in [0.3, 0.4) is 0 Å². The summed E-state index contributed by atoms with van der Waals surface area (Å²) in [7, 11) is 0. The molecule has 0 saturated heterocycles. The number of nitrogens with zero attached hydrogens (tertiary/aromatic N) is 1. The van der Waals surface area contributed by atoms with Crippen molar-refractivity contribution in [1.29, 1.82) is 0 Å². The lowest BCUT2D eigenvalue weighted by Gasteiger charge is -2.15. The van der Waals surface area contributed by atoms with Gasteiger partial charge in [0.05, 0.1) is 12.2 Å². The van der Waals surface area contributed by atoms with Crippen LogP contribution in [-0.2, 0) is 0 Å². The average molecular weight is 255 g/mol. The first-order valence-corrected chi connectivity index (χ1v) is 5.67. The summed E-state index contributed by atoms with van der Waals surface area (Å²) in [4.78, 5) is 3.83. The summed E-state index contributed by atoms with van der Waals surface area (Å²) in [5.41, 5.74) is 0.706. The minimum Gasteiger partial charge on any atom is -0.448 e. The first-order valence-electron chi connectivity index (χ1n) is 5.29. The van der Waals surface area contributed by atoms with Gasteiger partial charge in [0.1, 0.15) is 11.6 Å². The van der Waals surface area contributed by atoms with Gasteiger partial charge in [-0.1, -0.05) is 6.92 Å². The van der Waals surface area contributed by atoms with Gasteiger partial charge in [0.25, 0.3) is 0 Å². The predicted molar refractivity (Wildman–Crippen MR) is 63.4 cm³/mol. The maximum absolute atomic E-state index is 13.1.